The van der Waals surface area contributed by atoms with Crippen LogP contribution in [0.4, 0.5) is 0 Å². The highest BCUT2D eigenvalue weighted by atomic mass is 32.1. The Bertz CT molecular complexity index is 493. The summed E-state index contributed by atoms with van der Waals surface area (Å²) in [5, 5.41) is 5.12. The number of nitrogens with one attached hydrogen (secondary N) is 1. The van der Waals surface area contributed by atoms with E-state index in [0.29, 0.717) is 6.42 Å². The van der Waals surface area contributed by atoms with E-state index in [4.69, 9.17) is 0 Å². The van der Waals surface area contributed by atoms with Gasteiger partial charge < -0.3 is 5.32 Å². The van der Waals surface area contributed by atoms with E-state index in [1.165, 1.54) is 10.4 Å². The van der Waals surface area contributed by atoms with Gasteiger partial charge in [-0.3, -0.25) is 4.79 Å². The van der Waals surface area contributed by atoms with Gasteiger partial charge in [0.05, 0.1) is 0 Å². The van der Waals surface area contributed by atoms with Crippen molar-refractivity contribution in [3.63, 3.8) is 0 Å². The number of amides is 1. The number of thiophene rings is 1. The number of hydrogen-bond donors (Lipinski definition) is 1. The molecule has 1 heterocycles. The predicted octanol–water partition coefficient (Wildman–Crippen LogP) is 3.43. The lowest BCUT2D eigenvalue weighted by molar-refractivity contribution is -0.121. The summed E-state index contributed by atoms with van der Waals surface area (Å²) in [5.41, 5.74) is 1.21. The molecule has 0 radical (unpaired) electrons. The first-order chi connectivity index (χ1) is 9.24. The summed E-state index contributed by atoms with van der Waals surface area (Å²) in [6.45, 7) is 2.06. The van der Waals surface area contributed by atoms with Gasteiger partial charge in [-0.15, -0.1) is 11.3 Å². The lowest BCUT2D eigenvalue weighted by Gasteiger charge is -2.12. The zero-order valence-corrected chi connectivity index (χ0v) is 12.0. The fourth-order valence-corrected chi connectivity index (χ4v) is 2.87. The molecule has 1 unspecified atom stereocenters. The van der Waals surface area contributed by atoms with Crippen LogP contribution in [-0.4, -0.2) is 11.9 Å². The molecular weight excluding hydrogens is 254 g/mol. The van der Waals surface area contributed by atoms with Gasteiger partial charge in [-0.1, -0.05) is 36.4 Å². The van der Waals surface area contributed by atoms with Crippen LogP contribution >= 0.6 is 11.3 Å². The van der Waals surface area contributed by atoms with Crippen LogP contribution in [0.1, 0.15) is 23.8 Å². The van der Waals surface area contributed by atoms with E-state index in [2.05, 4.69) is 35.8 Å². The Morgan fingerprint density at radius 3 is 2.68 bits per heavy atom. The van der Waals surface area contributed by atoms with Gasteiger partial charge in [-0.2, -0.15) is 0 Å². The fourth-order valence-electron chi connectivity index (χ4n) is 2.03. The van der Waals surface area contributed by atoms with E-state index in [0.717, 1.165) is 12.8 Å². The van der Waals surface area contributed by atoms with Crippen molar-refractivity contribution in [1.82, 2.24) is 5.32 Å². The van der Waals surface area contributed by atoms with E-state index in [-0.39, 0.29) is 11.9 Å². The molecule has 0 spiro atoms. The molecule has 1 atom stereocenters. The lowest BCUT2D eigenvalue weighted by Crippen LogP contribution is -2.34. The summed E-state index contributed by atoms with van der Waals surface area (Å²) in [7, 11) is 0. The van der Waals surface area contributed by atoms with E-state index in [1.807, 2.05) is 24.3 Å². The quantitative estimate of drug-likeness (QED) is 0.858. The van der Waals surface area contributed by atoms with Crippen molar-refractivity contribution >= 4 is 17.2 Å². The van der Waals surface area contributed by atoms with Crippen LogP contribution in [0, 0.1) is 0 Å². The maximum Gasteiger partial charge on any atom is 0.220 e. The van der Waals surface area contributed by atoms with E-state index in [9.17, 15) is 4.79 Å². The van der Waals surface area contributed by atoms with Crippen LogP contribution in [0.3, 0.4) is 0 Å². The molecule has 3 heteroatoms. The van der Waals surface area contributed by atoms with Crippen molar-refractivity contribution in [3.8, 4) is 0 Å². The zero-order chi connectivity index (χ0) is 13.5. The third-order valence-electron chi connectivity index (χ3n) is 2.98. The summed E-state index contributed by atoms with van der Waals surface area (Å²) < 4.78 is 0. The Balaban J connectivity index is 1.72. The smallest absolute Gasteiger partial charge is 0.220 e. The molecule has 0 aliphatic heterocycles. The Morgan fingerprint density at radius 2 is 2.00 bits per heavy atom. The second-order valence-electron chi connectivity index (χ2n) is 4.74. The van der Waals surface area contributed by atoms with Crippen LogP contribution in [0.5, 0.6) is 0 Å². The number of aryl methyl sites for hydroxylation is 1. The lowest BCUT2D eigenvalue weighted by atomic mass is 10.1. The number of rotatable bonds is 6. The minimum atomic E-state index is 0.132. The van der Waals surface area contributed by atoms with Crippen molar-refractivity contribution in [3.05, 3.63) is 58.3 Å². The van der Waals surface area contributed by atoms with Gasteiger partial charge in [-0.25, -0.2) is 0 Å². The van der Waals surface area contributed by atoms with Gasteiger partial charge in [0.15, 0.2) is 0 Å². The second-order valence-corrected chi connectivity index (χ2v) is 5.77. The van der Waals surface area contributed by atoms with E-state index in [1.54, 1.807) is 11.3 Å². The Labute approximate surface area is 118 Å². The van der Waals surface area contributed by atoms with Crippen LogP contribution in [0.15, 0.2) is 47.8 Å². The maximum atomic E-state index is 11.8. The molecule has 100 valence electrons. The summed E-state index contributed by atoms with van der Waals surface area (Å²) in [6.07, 6.45) is 2.27. The molecule has 1 aromatic carbocycles. The third kappa shape index (κ3) is 4.87. The monoisotopic (exact) mass is 273 g/mol. The average molecular weight is 273 g/mol. The largest absolute Gasteiger partial charge is 0.353 e. The average Bonchev–Trinajstić information content (AvgIpc) is 2.90. The van der Waals surface area contributed by atoms with Crippen LogP contribution in [0.2, 0.25) is 0 Å². The number of carbonyl (C=O) groups excluding carboxylic acids is 1. The van der Waals surface area contributed by atoms with Crippen molar-refractivity contribution in [1.29, 1.82) is 0 Å². The molecule has 0 fully saturated rings. The van der Waals surface area contributed by atoms with Gasteiger partial charge in [0.25, 0.3) is 0 Å². The normalized spacial score (nSPS) is 12.1. The molecule has 19 heavy (non-hydrogen) atoms. The van der Waals surface area contributed by atoms with Crippen molar-refractivity contribution in [2.24, 2.45) is 0 Å². The zero-order valence-electron chi connectivity index (χ0n) is 11.1. The van der Waals surface area contributed by atoms with Crippen molar-refractivity contribution in [2.75, 3.05) is 0 Å². The fraction of sp³-hybridized carbons (Fsp3) is 0.312. The Kier molecular flexibility index (Phi) is 5.16. The molecule has 2 rings (SSSR count). The molecule has 0 saturated heterocycles. The van der Waals surface area contributed by atoms with Gasteiger partial charge in [-0.05, 0) is 30.4 Å². The van der Waals surface area contributed by atoms with E-state index < -0.39 is 0 Å². The number of hydrogen-bond acceptors (Lipinski definition) is 2. The minimum absolute atomic E-state index is 0.132. The standard InChI is InChI=1S/C16H19NOS/c1-13(12-15-8-5-11-19-15)17-16(18)10-9-14-6-3-2-4-7-14/h2-8,11,13H,9-10,12H2,1H3,(H,17,18). The highest BCUT2D eigenvalue weighted by Crippen LogP contribution is 2.11. The van der Waals surface area contributed by atoms with Gasteiger partial charge in [0, 0.05) is 23.8 Å². The molecule has 0 bridgehead atoms. The summed E-state index contributed by atoms with van der Waals surface area (Å²) in [6, 6.07) is 14.5. The molecule has 2 aromatic rings. The van der Waals surface area contributed by atoms with Crippen LogP contribution in [-0.2, 0) is 17.6 Å². The number of benzene rings is 1. The summed E-state index contributed by atoms with van der Waals surface area (Å²) >= 11 is 1.74. The van der Waals surface area contributed by atoms with E-state index >= 15 is 0 Å². The Morgan fingerprint density at radius 1 is 1.21 bits per heavy atom. The molecule has 0 aliphatic rings. The molecule has 1 amide bonds. The molecule has 0 aliphatic carbocycles. The molecular formula is C16H19NOS. The van der Waals surface area contributed by atoms with Crippen molar-refractivity contribution in [2.45, 2.75) is 32.2 Å². The SMILES string of the molecule is CC(Cc1cccs1)NC(=O)CCc1ccccc1. The first-order valence-corrected chi connectivity index (χ1v) is 7.47. The topological polar surface area (TPSA) is 29.1 Å². The van der Waals surface area contributed by atoms with Gasteiger partial charge >= 0.3 is 0 Å². The van der Waals surface area contributed by atoms with Crippen LogP contribution in [0.25, 0.3) is 0 Å². The predicted molar refractivity (Wildman–Crippen MR) is 80.4 cm³/mol. The second kappa shape index (κ2) is 7.10. The number of carbonyl (C=O) groups is 1. The van der Waals surface area contributed by atoms with Crippen molar-refractivity contribution < 1.29 is 4.79 Å². The first-order valence-electron chi connectivity index (χ1n) is 6.59. The minimum Gasteiger partial charge on any atom is -0.353 e. The third-order valence-corrected chi connectivity index (χ3v) is 3.88. The molecule has 2 nitrogen and oxygen atoms in total. The highest BCUT2D eigenvalue weighted by molar-refractivity contribution is 7.09. The molecule has 1 N–H and O–H groups in total. The maximum absolute atomic E-state index is 11.8. The van der Waals surface area contributed by atoms with Crippen LogP contribution < -0.4 is 5.32 Å². The first kappa shape index (κ1) is 13.8. The molecule has 0 saturated carbocycles. The van der Waals surface area contributed by atoms with Gasteiger partial charge in [0.2, 0.25) is 5.91 Å². The summed E-state index contributed by atoms with van der Waals surface area (Å²) in [5.74, 6) is 0.132. The summed E-state index contributed by atoms with van der Waals surface area (Å²) in [4.78, 5) is 13.2. The van der Waals surface area contributed by atoms with Gasteiger partial charge in [0.1, 0.15) is 0 Å². The Hall–Kier alpha value is -1.61. The molecule has 1 aromatic heterocycles. The highest BCUT2D eigenvalue weighted by Gasteiger charge is 2.08.